The highest BCUT2D eigenvalue weighted by molar-refractivity contribution is 6.33. The van der Waals surface area contributed by atoms with Crippen LogP contribution in [0.15, 0.2) is 30.6 Å². The van der Waals surface area contributed by atoms with Gasteiger partial charge >= 0.3 is 0 Å². The maximum atomic E-state index is 5.95. The average molecular weight is 236 g/mol. The van der Waals surface area contributed by atoms with Crippen molar-refractivity contribution >= 4 is 23.1 Å². The van der Waals surface area contributed by atoms with Crippen LogP contribution in [0.1, 0.15) is 5.69 Å². The topological polar surface area (TPSA) is 76.7 Å². The number of nitrogens with one attached hydrogen (secondary N) is 1. The third-order valence-corrected chi connectivity index (χ3v) is 2.21. The maximum Gasteiger partial charge on any atom is 0.145 e. The number of halogens is 1. The van der Waals surface area contributed by atoms with Crippen molar-refractivity contribution in [1.29, 1.82) is 0 Å². The van der Waals surface area contributed by atoms with Gasteiger partial charge in [-0.05, 0) is 18.2 Å². The lowest BCUT2D eigenvalue weighted by molar-refractivity contribution is 0.921. The largest absolute Gasteiger partial charge is 0.397 e. The molecule has 0 bridgehead atoms. The minimum absolute atomic E-state index is 0.490. The van der Waals surface area contributed by atoms with Crippen LogP contribution < -0.4 is 11.1 Å². The van der Waals surface area contributed by atoms with E-state index in [4.69, 9.17) is 17.3 Å². The van der Waals surface area contributed by atoms with Crippen molar-refractivity contribution in [3.8, 4) is 0 Å². The molecule has 0 radical (unpaired) electrons. The van der Waals surface area contributed by atoms with Gasteiger partial charge in [-0.2, -0.15) is 10.2 Å². The number of nitrogen functional groups attached to an aromatic ring is 1. The van der Waals surface area contributed by atoms with Gasteiger partial charge in [-0.1, -0.05) is 11.6 Å². The lowest BCUT2D eigenvalue weighted by Gasteiger charge is -2.06. The van der Waals surface area contributed by atoms with Gasteiger partial charge in [-0.15, -0.1) is 0 Å². The number of hydrogen-bond donors (Lipinski definition) is 2. The van der Waals surface area contributed by atoms with E-state index in [1.54, 1.807) is 18.5 Å². The van der Waals surface area contributed by atoms with Gasteiger partial charge in [0.1, 0.15) is 5.82 Å². The molecule has 0 aliphatic heterocycles. The van der Waals surface area contributed by atoms with E-state index in [0.717, 1.165) is 5.69 Å². The number of rotatable bonds is 3. The average Bonchev–Trinajstić information content (AvgIpc) is 2.29. The molecule has 0 aliphatic rings. The molecule has 0 saturated heterocycles. The second-order valence-corrected chi connectivity index (χ2v) is 3.57. The molecular formula is C10H10ClN5. The molecule has 16 heavy (non-hydrogen) atoms. The first-order chi connectivity index (χ1) is 7.75. The van der Waals surface area contributed by atoms with Crippen LogP contribution in [0.4, 0.5) is 11.5 Å². The molecule has 0 unspecified atom stereocenters. The Bertz CT molecular complexity index is 474. The van der Waals surface area contributed by atoms with E-state index in [2.05, 4.69) is 20.5 Å². The highest BCUT2D eigenvalue weighted by Gasteiger charge is 2.02. The lowest BCUT2D eigenvalue weighted by Crippen LogP contribution is -2.04. The van der Waals surface area contributed by atoms with Crippen molar-refractivity contribution in [2.24, 2.45) is 0 Å². The van der Waals surface area contributed by atoms with Gasteiger partial charge in [0.25, 0.3) is 0 Å². The smallest absolute Gasteiger partial charge is 0.145 e. The molecule has 0 spiro atoms. The van der Waals surface area contributed by atoms with Crippen molar-refractivity contribution in [1.82, 2.24) is 15.2 Å². The molecule has 2 heterocycles. The molecule has 6 heteroatoms. The third-order valence-electron chi connectivity index (χ3n) is 1.93. The van der Waals surface area contributed by atoms with E-state index in [9.17, 15) is 0 Å². The van der Waals surface area contributed by atoms with E-state index in [1.165, 1.54) is 0 Å². The van der Waals surface area contributed by atoms with Gasteiger partial charge in [0.05, 0.1) is 29.1 Å². The van der Waals surface area contributed by atoms with Crippen LogP contribution in [-0.2, 0) is 6.54 Å². The predicted molar refractivity (Wildman–Crippen MR) is 63.0 cm³/mol. The molecule has 2 aromatic heterocycles. The Morgan fingerprint density at radius 1 is 1.44 bits per heavy atom. The van der Waals surface area contributed by atoms with E-state index in [-0.39, 0.29) is 0 Å². The Morgan fingerprint density at radius 2 is 2.31 bits per heavy atom. The van der Waals surface area contributed by atoms with E-state index >= 15 is 0 Å². The zero-order chi connectivity index (χ0) is 11.4. The SMILES string of the molecule is Nc1cnc(NCc2cccnn2)c(Cl)c1. The van der Waals surface area contributed by atoms with Crippen LogP contribution in [0.3, 0.4) is 0 Å². The van der Waals surface area contributed by atoms with Crippen LogP contribution in [-0.4, -0.2) is 15.2 Å². The Morgan fingerprint density at radius 3 is 3.00 bits per heavy atom. The summed E-state index contributed by atoms with van der Waals surface area (Å²) in [6, 6.07) is 5.33. The summed E-state index contributed by atoms with van der Waals surface area (Å²) < 4.78 is 0. The molecular weight excluding hydrogens is 226 g/mol. The Kier molecular flexibility index (Phi) is 3.16. The summed E-state index contributed by atoms with van der Waals surface area (Å²) in [4.78, 5) is 4.08. The minimum Gasteiger partial charge on any atom is -0.397 e. The van der Waals surface area contributed by atoms with Crippen LogP contribution in [0.2, 0.25) is 5.02 Å². The lowest BCUT2D eigenvalue weighted by atomic mass is 10.3. The molecule has 82 valence electrons. The van der Waals surface area contributed by atoms with Crippen molar-refractivity contribution in [3.63, 3.8) is 0 Å². The summed E-state index contributed by atoms with van der Waals surface area (Å²) in [6.07, 6.45) is 3.17. The first kappa shape index (κ1) is 10.6. The van der Waals surface area contributed by atoms with Gasteiger partial charge in [0.2, 0.25) is 0 Å². The molecule has 0 aliphatic carbocycles. The molecule has 3 N–H and O–H groups in total. The Balaban J connectivity index is 2.05. The molecule has 0 atom stereocenters. The van der Waals surface area contributed by atoms with Crippen molar-refractivity contribution in [3.05, 3.63) is 41.3 Å². The van der Waals surface area contributed by atoms with Crippen LogP contribution in [0.5, 0.6) is 0 Å². The first-order valence-electron chi connectivity index (χ1n) is 4.67. The number of nitrogens with two attached hydrogens (primary N) is 1. The predicted octanol–water partition coefficient (Wildman–Crippen LogP) is 1.72. The van der Waals surface area contributed by atoms with Gasteiger partial charge in [0.15, 0.2) is 0 Å². The summed E-state index contributed by atoms with van der Waals surface area (Å²) in [5.41, 5.74) is 6.89. The molecule has 0 saturated carbocycles. The van der Waals surface area contributed by atoms with Gasteiger partial charge in [0, 0.05) is 6.20 Å². The van der Waals surface area contributed by atoms with Crippen LogP contribution in [0, 0.1) is 0 Å². The van der Waals surface area contributed by atoms with Crippen LogP contribution >= 0.6 is 11.6 Å². The zero-order valence-electron chi connectivity index (χ0n) is 8.39. The normalized spacial score (nSPS) is 10.1. The van der Waals surface area contributed by atoms with Gasteiger partial charge in [-0.3, -0.25) is 0 Å². The second-order valence-electron chi connectivity index (χ2n) is 3.17. The zero-order valence-corrected chi connectivity index (χ0v) is 9.15. The number of pyridine rings is 1. The number of aromatic nitrogens is 3. The quantitative estimate of drug-likeness (QED) is 0.847. The summed E-state index contributed by atoms with van der Waals surface area (Å²) >= 11 is 5.95. The highest BCUT2D eigenvalue weighted by Crippen LogP contribution is 2.21. The van der Waals surface area contributed by atoms with Gasteiger partial charge < -0.3 is 11.1 Å². The highest BCUT2D eigenvalue weighted by atomic mass is 35.5. The molecule has 5 nitrogen and oxygen atoms in total. The third kappa shape index (κ3) is 2.58. The fourth-order valence-corrected chi connectivity index (χ4v) is 1.43. The Labute approximate surface area is 97.7 Å². The summed E-state index contributed by atoms with van der Waals surface area (Å²) in [6.45, 7) is 0.518. The fourth-order valence-electron chi connectivity index (χ4n) is 1.18. The van der Waals surface area contributed by atoms with E-state index in [1.807, 2.05) is 12.1 Å². The summed E-state index contributed by atoms with van der Waals surface area (Å²) in [5.74, 6) is 0.585. The van der Waals surface area contributed by atoms with Crippen LogP contribution in [0.25, 0.3) is 0 Å². The molecule has 0 amide bonds. The van der Waals surface area contributed by atoms with Gasteiger partial charge in [-0.25, -0.2) is 4.98 Å². The number of anilines is 2. The maximum absolute atomic E-state index is 5.95. The first-order valence-corrected chi connectivity index (χ1v) is 5.05. The number of hydrogen-bond acceptors (Lipinski definition) is 5. The second kappa shape index (κ2) is 4.76. The molecule has 0 aromatic carbocycles. The van der Waals surface area contributed by atoms with E-state index < -0.39 is 0 Å². The Hall–Kier alpha value is -1.88. The molecule has 0 fully saturated rings. The fraction of sp³-hybridized carbons (Fsp3) is 0.100. The monoisotopic (exact) mass is 235 g/mol. The van der Waals surface area contributed by atoms with E-state index in [0.29, 0.717) is 23.1 Å². The summed E-state index contributed by atoms with van der Waals surface area (Å²) in [5, 5.41) is 11.2. The molecule has 2 rings (SSSR count). The minimum atomic E-state index is 0.490. The van der Waals surface area contributed by atoms with Crippen molar-refractivity contribution < 1.29 is 0 Å². The summed E-state index contributed by atoms with van der Waals surface area (Å²) in [7, 11) is 0. The molecule has 2 aromatic rings. The van der Waals surface area contributed by atoms with Crippen molar-refractivity contribution in [2.75, 3.05) is 11.1 Å². The van der Waals surface area contributed by atoms with Crippen molar-refractivity contribution in [2.45, 2.75) is 6.54 Å². The standard InChI is InChI=1S/C10H10ClN5/c11-9-4-7(12)5-13-10(9)14-6-8-2-1-3-15-16-8/h1-5H,6,12H2,(H,13,14). The number of nitrogens with zero attached hydrogens (tertiary/aromatic N) is 3.